The van der Waals surface area contributed by atoms with E-state index < -0.39 is 11.9 Å². The summed E-state index contributed by atoms with van der Waals surface area (Å²) in [5.41, 5.74) is 2.84. The van der Waals surface area contributed by atoms with E-state index in [1.165, 1.54) is 0 Å². The van der Waals surface area contributed by atoms with Crippen molar-refractivity contribution >= 4 is 52.6 Å². The molecule has 0 radical (unpaired) electrons. The molecule has 4 heterocycles. The molecule has 0 spiro atoms. The standard InChI is InChI=1S/C19H17ClN8O2/c1-9-12(20)7-21-8-14(9)24-15-5-16(23-11-2-3-11)28-17(26-15)10(6-22-28)4-13-18(29)27-19(30)25-13/h4-8,11,23H,2-3H2,1H3,(H,24,26)(H2,25,27,29,30)/b13-4-. The topological polar surface area (TPSA) is 125 Å². The summed E-state index contributed by atoms with van der Waals surface area (Å²) in [5.74, 6) is 0.839. The molecular weight excluding hydrogens is 408 g/mol. The lowest BCUT2D eigenvalue weighted by molar-refractivity contribution is -0.115. The van der Waals surface area contributed by atoms with Crippen LogP contribution in [0.15, 0.2) is 30.4 Å². The van der Waals surface area contributed by atoms with Crippen molar-refractivity contribution in [3.05, 3.63) is 46.5 Å². The number of aromatic nitrogens is 4. The molecule has 1 saturated carbocycles. The number of rotatable bonds is 5. The zero-order valence-electron chi connectivity index (χ0n) is 15.9. The van der Waals surface area contributed by atoms with Crippen molar-refractivity contribution in [2.75, 3.05) is 10.6 Å². The third kappa shape index (κ3) is 3.41. The Morgan fingerprint density at radius 3 is 2.80 bits per heavy atom. The first-order chi connectivity index (χ1) is 14.5. The fraction of sp³-hybridized carbons (Fsp3) is 0.211. The largest absolute Gasteiger partial charge is 0.367 e. The minimum Gasteiger partial charge on any atom is -0.367 e. The molecule has 11 heteroatoms. The fourth-order valence-corrected chi connectivity index (χ4v) is 3.24. The lowest BCUT2D eigenvalue weighted by atomic mass is 10.2. The Kier molecular flexibility index (Phi) is 4.28. The second-order valence-corrected chi connectivity index (χ2v) is 7.57. The molecule has 0 aromatic carbocycles. The Morgan fingerprint density at radius 2 is 2.07 bits per heavy atom. The van der Waals surface area contributed by atoms with Crippen molar-refractivity contribution in [3.8, 4) is 0 Å². The minimum atomic E-state index is -0.557. The van der Waals surface area contributed by atoms with E-state index in [9.17, 15) is 9.59 Å². The molecule has 0 atom stereocenters. The van der Waals surface area contributed by atoms with Crippen LogP contribution in [0.2, 0.25) is 5.02 Å². The van der Waals surface area contributed by atoms with Crippen molar-refractivity contribution in [2.24, 2.45) is 0 Å². The maximum absolute atomic E-state index is 11.9. The monoisotopic (exact) mass is 424 g/mol. The third-order valence-electron chi connectivity index (χ3n) is 4.86. The number of pyridine rings is 1. The molecule has 3 amide bonds. The average Bonchev–Trinajstić information content (AvgIpc) is 3.34. The van der Waals surface area contributed by atoms with Gasteiger partial charge in [0.05, 0.1) is 23.1 Å². The molecule has 3 aromatic rings. The van der Waals surface area contributed by atoms with Gasteiger partial charge in [-0.25, -0.2) is 9.78 Å². The number of nitrogens with zero attached hydrogens (tertiary/aromatic N) is 4. The van der Waals surface area contributed by atoms with Crippen molar-refractivity contribution in [2.45, 2.75) is 25.8 Å². The van der Waals surface area contributed by atoms with Crippen molar-refractivity contribution in [1.82, 2.24) is 30.2 Å². The maximum atomic E-state index is 11.9. The van der Waals surface area contributed by atoms with Crippen LogP contribution in [0.25, 0.3) is 11.7 Å². The van der Waals surface area contributed by atoms with Gasteiger partial charge < -0.3 is 16.0 Å². The summed E-state index contributed by atoms with van der Waals surface area (Å²) in [6.07, 6.45) is 8.59. The summed E-state index contributed by atoms with van der Waals surface area (Å²) < 4.78 is 1.67. The van der Waals surface area contributed by atoms with Crippen LogP contribution in [-0.4, -0.2) is 37.6 Å². The molecule has 5 rings (SSSR count). The van der Waals surface area contributed by atoms with Gasteiger partial charge in [-0.15, -0.1) is 0 Å². The molecule has 1 saturated heterocycles. The second-order valence-electron chi connectivity index (χ2n) is 7.17. The number of halogens is 1. The zero-order valence-corrected chi connectivity index (χ0v) is 16.6. The van der Waals surface area contributed by atoms with E-state index in [4.69, 9.17) is 11.6 Å². The van der Waals surface area contributed by atoms with E-state index >= 15 is 0 Å². The summed E-state index contributed by atoms with van der Waals surface area (Å²) in [4.78, 5) is 32.1. The highest BCUT2D eigenvalue weighted by atomic mass is 35.5. The number of carbonyl (C=O) groups excluding carboxylic acids is 2. The highest BCUT2D eigenvalue weighted by Crippen LogP contribution is 2.30. The Labute approximate surface area is 175 Å². The summed E-state index contributed by atoms with van der Waals surface area (Å²) in [6.45, 7) is 1.89. The van der Waals surface area contributed by atoms with Crippen molar-refractivity contribution in [3.63, 3.8) is 0 Å². The molecule has 1 aliphatic carbocycles. The van der Waals surface area contributed by atoms with E-state index in [2.05, 4.69) is 36.3 Å². The van der Waals surface area contributed by atoms with Gasteiger partial charge >= 0.3 is 6.03 Å². The number of imide groups is 1. The van der Waals surface area contributed by atoms with Crippen LogP contribution in [0.3, 0.4) is 0 Å². The van der Waals surface area contributed by atoms with Gasteiger partial charge in [0.2, 0.25) is 0 Å². The smallest absolute Gasteiger partial charge is 0.326 e. The number of amides is 3. The quantitative estimate of drug-likeness (QED) is 0.366. The predicted octanol–water partition coefficient (Wildman–Crippen LogP) is 2.58. The number of fused-ring (bicyclic) bond motifs is 1. The van der Waals surface area contributed by atoms with E-state index in [1.54, 1.807) is 29.2 Å². The number of anilines is 3. The summed E-state index contributed by atoms with van der Waals surface area (Å²) in [5, 5.41) is 16.3. The number of hydrogen-bond donors (Lipinski definition) is 4. The van der Waals surface area contributed by atoms with E-state index in [0.29, 0.717) is 28.1 Å². The van der Waals surface area contributed by atoms with Gasteiger partial charge in [0, 0.05) is 23.9 Å². The molecule has 30 heavy (non-hydrogen) atoms. The Morgan fingerprint density at radius 1 is 1.23 bits per heavy atom. The molecule has 0 unspecified atom stereocenters. The first-order valence-electron chi connectivity index (χ1n) is 9.34. The zero-order chi connectivity index (χ0) is 20.8. The van der Waals surface area contributed by atoms with Gasteiger partial charge in [0.25, 0.3) is 5.91 Å². The van der Waals surface area contributed by atoms with Crippen LogP contribution in [0.4, 0.5) is 22.1 Å². The van der Waals surface area contributed by atoms with Gasteiger partial charge in [0.15, 0.2) is 5.65 Å². The van der Waals surface area contributed by atoms with Crippen LogP contribution < -0.4 is 21.3 Å². The van der Waals surface area contributed by atoms with Gasteiger partial charge in [0.1, 0.15) is 17.3 Å². The highest BCUT2D eigenvalue weighted by Gasteiger charge is 2.25. The Hall–Kier alpha value is -3.66. The minimum absolute atomic E-state index is 0.140. The lowest BCUT2D eigenvalue weighted by Gasteiger charge is -2.13. The lowest BCUT2D eigenvalue weighted by Crippen LogP contribution is -2.22. The Balaban J connectivity index is 1.59. The number of hydrogen-bond acceptors (Lipinski definition) is 7. The molecular formula is C19H17ClN8O2. The van der Waals surface area contributed by atoms with Gasteiger partial charge in [-0.05, 0) is 31.4 Å². The molecule has 0 bridgehead atoms. The second kappa shape index (κ2) is 6.99. The summed E-state index contributed by atoms with van der Waals surface area (Å²) >= 11 is 6.18. The van der Waals surface area contributed by atoms with Crippen molar-refractivity contribution in [1.29, 1.82) is 0 Å². The normalized spacial score (nSPS) is 17.3. The maximum Gasteiger partial charge on any atom is 0.326 e. The van der Waals surface area contributed by atoms with Gasteiger partial charge in [-0.3, -0.25) is 15.1 Å². The SMILES string of the molecule is Cc1c(Cl)cncc1Nc1cc(NC2CC2)n2ncc(/C=C3\NC(=O)NC3=O)c2n1. The van der Waals surface area contributed by atoms with E-state index in [-0.39, 0.29) is 5.70 Å². The summed E-state index contributed by atoms with van der Waals surface area (Å²) in [7, 11) is 0. The highest BCUT2D eigenvalue weighted by molar-refractivity contribution is 6.31. The van der Waals surface area contributed by atoms with Crippen LogP contribution >= 0.6 is 11.6 Å². The molecule has 152 valence electrons. The molecule has 2 aliphatic rings. The first-order valence-corrected chi connectivity index (χ1v) is 9.72. The van der Waals surface area contributed by atoms with Gasteiger partial charge in [-0.1, -0.05) is 11.6 Å². The number of carbonyl (C=O) groups is 2. The Bertz CT molecular complexity index is 1230. The van der Waals surface area contributed by atoms with Crippen molar-refractivity contribution < 1.29 is 9.59 Å². The first kappa shape index (κ1) is 18.4. The van der Waals surface area contributed by atoms with Gasteiger partial charge in [-0.2, -0.15) is 9.61 Å². The third-order valence-corrected chi connectivity index (χ3v) is 5.25. The predicted molar refractivity (Wildman–Crippen MR) is 112 cm³/mol. The van der Waals surface area contributed by atoms with Crippen LogP contribution in [0.1, 0.15) is 24.0 Å². The van der Waals surface area contributed by atoms with Crippen LogP contribution in [-0.2, 0) is 4.79 Å². The number of nitrogens with one attached hydrogen (secondary N) is 4. The van der Waals surface area contributed by atoms with E-state index in [1.807, 2.05) is 13.0 Å². The molecule has 10 nitrogen and oxygen atoms in total. The number of urea groups is 1. The van der Waals surface area contributed by atoms with E-state index in [0.717, 1.165) is 29.9 Å². The average molecular weight is 425 g/mol. The molecule has 3 aromatic heterocycles. The fourth-order valence-electron chi connectivity index (χ4n) is 3.09. The summed E-state index contributed by atoms with van der Waals surface area (Å²) in [6, 6.07) is 1.70. The molecule has 1 aliphatic heterocycles. The van der Waals surface area contributed by atoms with Crippen LogP contribution in [0, 0.1) is 6.92 Å². The molecule has 2 fully saturated rings. The molecule has 4 N–H and O–H groups in total. The van der Waals surface area contributed by atoms with Crippen LogP contribution in [0.5, 0.6) is 0 Å².